The molecule has 0 radical (unpaired) electrons. The number of amides is 2. The maximum atomic E-state index is 13.3. The molecule has 1 heterocycles. The normalized spacial score (nSPS) is 32.7. The maximum Gasteiger partial charge on any atom is 0.405 e. The van der Waals surface area contributed by atoms with Crippen molar-refractivity contribution < 1.29 is 43.6 Å². The second-order valence-electron chi connectivity index (χ2n) is 10.2. The van der Waals surface area contributed by atoms with E-state index < -0.39 is 53.8 Å². The smallest absolute Gasteiger partial charge is 0.405 e. The zero-order valence-electron chi connectivity index (χ0n) is 24.0. The molecule has 2 aliphatic rings. The number of rotatable bonds is 4. The number of hydrogen-bond donors (Lipinski definition) is 4. The fourth-order valence-corrected chi connectivity index (χ4v) is 4.86. The van der Waals surface area contributed by atoms with E-state index in [0.717, 1.165) is 6.08 Å². The second-order valence-corrected chi connectivity index (χ2v) is 10.2. The number of Topliss-reactive ketones (excluding diaryl/α,β-unsaturated/α-hetero) is 1. The van der Waals surface area contributed by atoms with Crippen LogP contribution in [-0.4, -0.2) is 79.5 Å². The van der Waals surface area contributed by atoms with Crippen LogP contribution in [0.15, 0.2) is 58.6 Å². The molecule has 0 saturated heterocycles. The van der Waals surface area contributed by atoms with Crippen LogP contribution in [0.25, 0.3) is 0 Å². The Bertz CT molecular complexity index is 1150. The first kappa shape index (κ1) is 32.7. The lowest BCUT2D eigenvalue weighted by Crippen LogP contribution is -2.44. The molecular formula is C29H40N2O9. The zero-order valence-corrected chi connectivity index (χ0v) is 24.0. The number of aliphatic hydroxyl groups excluding tert-OH is 1. The van der Waals surface area contributed by atoms with Crippen molar-refractivity contribution in [2.24, 2.45) is 11.8 Å². The van der Waals surface area contributed by atoms with Crippen LogP contribution in [0.5, 0.6) is 0 Å². The third-order valence-electron chi connectivity index (χ3n) is 7.06. The van der Waals surface area contributed by atoms with E-state index in [-0.39, 0.29) is 34.9 Å². The summed E-state index contributed by atoms with van der Waals surface area (Å²) < 4.78 is 16.4. The van der Waals surface area contributed by atoms with Crippen LogP contribution in [0.2, 0.25) is 0 Å². The Morgan fingerprint density at radius 3 is 2.35 bits per heavy atom. The van der Waals surface area contributed by atoms with Crippen LogP contribution in [0.4, 0.5) is 4.79 Å². The number of allylic oxidation sites excluding steroid dienone is 4. The van der Waals surface area contributed by atoms with E-state index in [0.29, 0.717) is 12.0 Å². The lowest BCUT2D eigenvalue weighted by atomic mass is 9.85. The molecule has 0 aromatic rings. The van der Waals surface area contributed by atoms with E-state index in [4.69, 9.17) is 14.2 Å². The predicted molar refractivity (Wildman–Crippen MR) is 147 cm³/mol. The molecule has 1 aliphatic heterocycles. The molecule has 0 spiro atoms. The third-order valence-corrected chi connectivity index (χ3v) is 7.06. The highest BCUT2D eigenvalue weighted by Crippen LogP contribution is 2.29. The molecule has 2 bridgehead atoms. The van der Waals surface area contributed by atoms with Crippen LogP contribution in [0, 0.1) is 11.8 Å². The molecule has 0 fully saturated rings. The van der Waals surface area contributed by atoms with E-state index in [9.17, 15) is 29.4 Å². The minimum Gasteiger partial charge on any atom is -0.492 e. The minimum absolute atomic E-state index is 0.0834. The lowest BCUT2D eigenvalue weighted by Gasteiger charge is -2.30. The summed E-state index contributed by atoms with van der Waals surface area (Å²) in [5.41, 5.74) is 0.821. The van der Waals surface area contributed by atoms with Gasteiger partial charge in [0.2, 0.25) is 11.6 Å². The first-order valence-electron chi connectivity index (χ1n) is 13.0. The van der Waals surface area contributed by atoms with Gasteiger partial charge in [0.1, 0.15) is 0 Å². The molecule has 2 rings (SSSR count). The van der Waals surface area contributed by atoms with Gasteiger partial charge in [0.05, 0.1) is 37.2 Å². The molecule has 2 amide bonds. The monoisotopic (exact) mass is 560 g/mol. The van der Waals surface area contributed by atoms with Crippen molar-refractivity contribution >= 4 is 23.6 Å². The number of hydrogen-bond acceptors (Lipinski definition) is 8. The number of ether oxygens (including phenoxy) is 3. The van der Waals surface area contributed by atoms with E-state index in [1.54, 1.807) is 32.1 Å². The average Bonchev–Trinajstić information content (AvgIpc) is 2.90. The molecule has 40 heavy (non-hydrogen) atoms. The average molecular weight is 561 g/mol. The first-order valence-corrected chi connectivity index (χ1v) is 13.0. The molecule has 6 atom stereocenters. The van der Waals surface area contributed by atoms with Crippen molar-refractivity contribution in [3.63, 3.8) is 0 Å². The van der Waals surface area contributed by atoms with E-state index in [1.165, 1.54) is 34.3 Å². The van der Waals surface area contributed by atoms with Crippen molar-refractivity contribution in [3.8, 4) is 0 Å². The van der Waals surface area contributed by atoms with Gasteiger partial charge in [0.25, 0.3) is 5.91 Å². The van der Waals surface area contributed by atoms with Gasteiger partial charge in [-0.15, -0.1) is 0 Å². The first-order chi connectivity index (χ1) is 18.8. The molecular weight excluding hydrogens is 520 g/mol. The Kier molecular flexibility index (Phi) is 12.0. The van der Waals surface area contributed by atoms with Crippen molar-refractivity contribution in [2.75, 3.05) is 21.3 Å². The molecule has 11 heteroatoms. The van der Waals surface area contributed by atoms with Gasteiger partial charge in [-0.25, -0.2) is 4.79 Å². The van der Waals surface area contributed by atoms with Crippen LogP contribution in [0.1, 0.15) is 40.5 Å². The molecule has 0 aromatic heterocycles. The van der Waals surface area contributed by atoms with Crippen molar-refractivity contribution in [1.82, 2.24) is 10.6 Å². The molecule has 1 aliphatic carbocycles. The molecule has 0 saturated carbocycles. The number of fused-ring (bicyclic) bond motifs is 2. The summed E-state index contributed by atoms with van der Waals surface area (Å²) in [6.07, 6.45) is 4.30. The number of carboxylic acid groups (broad SMARTS) is 1. The fraction of sp³-hybridized carbons (Fsp3) is 0.517. The third kappa shape index (κ3) is 8.23. The highest BCUT2D eigenvalue weighted by molar-refractivity contribution is 6.23. The van der Waals surface area contributed by atoms with Gasteiger partial charge in [-0.1, -0.05) is 43.7 Å². The van der Waals surface area contributed by atoms with Gasteiger partial charge in [-0.05, 0) is 32.6 Å². The van der Waals surface area contributed by atoms with Gasteiger partial charge < -0.3 is 35.1 Å². The SMILES string of the molecule is COC1=C2C[C@@H](C)C[C@H](OC)[C@H](O)[C@@H](C)/C=C(\C)[C@H](NC(=O)O)[C@@H](OC)/C=C\C=C(/C)C(=O)NC(=CC1=O)C2=O. The molecule has 0 unspecified atom stereocenters. The van der Waals surface area contributed by atoms with Gasteiger partial charge >= 0.3 is 6.09 Å². The largest absolute Gasteiger partial charge is 0.492 e. The second kappa shape index (κ2) is 14.7. The van der Waals surface area contributed by atoms with Crippen molar-refractivity contribution in [2.45, 2.75) is 64.9 Å². The summed E-state index contributed by atoms with van der Waals surface area (Å²) in [6.45, 7) is 6.92. The molecule has 4 N–H and O–H groups in total. The Morgan fingerprint density at radius 1 is 1.10 bits per heavy atom. The van der Waals surface area contributed by atoms with Crippen LogP contribution in [0.3, 0.4) is 0 Å². The van der Waals surface area contributed by atoms with Gasteiger partial charge in [0, 0.05) is 37.4 Å². The summed E-state index contributed by atoms with van der Waals surface area (Å²) in [5.74, 6) is -2.41. The van der Waals surface area contributed by atoms with E-state index >= 15 is 0 Å². The standard InChI is InChI=1S/C29H40N2O9/c1-15-11-19-26(34)20(14-21(32)27(19)40-7)30-28(35)16(2)9-8-10-22(38-5)24(31-29(36)37)17(3)13-18(4)25(33)23(12-15)39-6/h8-10,13-15,18,22-25,31,33H,11-12H2,1-7H3,(H,30,35)(H,36,37)/b10-8-,16-9+,17-13+/t15-,18+,22+,23+,24+,25-/m1/s1. The summed E-state index contributed by atoms with van der Waals surface area (Å²) >= 11 is 0. The zero-order chi connectivity index (χ0) is 30.1. The van der Waals surface area contributed by atoms with Crippen LogP contribution in [-0.2, 0) is 28.6 Å². The number of methoxy groups -OCH3 is 3. The van der Waals surface area contributed by atoms with Crippen LogP contribution < -0.4 is 10.6 Å². The topological polar surface area (TPSA) is 160 Å². The summed E-state index contributed by atoms with van der Waals surface area (Å²) in [6, 6.07) is -0.787. The van der Waals surface area contributed by atoms with Gasteiger partial charge in [-0.2, -0.15) is 0 Å². The highest BCUT2D eigenvalue weighted by Gasteiger charge is 2.33. The van der Waals surface area contributed by atoms with Crippen molar-refractivity contribution in [1.29, 1.82) is 0 Å². The molecule has 220 valence electrons. The fourth-order valence-electron chi connectivity index (χ4n) is 4.86. The number of carbonyl (C=O) groups is 4. The Morgan fingerprint density at radius 2 is 1.77 bits per heavy atom. The van der Waals surface area contributed by atoms with Gasteiger partial charge in [0.15, 0.2) is 5.76 Å². The van der Waals surface area contributed by atoms with Gasteiger partial charge in [-0.3, -0.25) is 14.4 Å². The lowest BCUT2D eigenvalue weighted by molar-refractivity contribution is -0.120. The number of nitrogens with one attached hydrogen (secondary N) is 2. The summed E-state index contributed by atoms with van der Waals surface area (Å²) in [5, 5.41) is 25.6. The Labute approximate surface area is 234 Å². The molecule has 0 aromatic carbocycles. The van der Waals surface area contributed by atoms with E-state index in [2.05, 4.69) is 10.6 Å². The Hall–Kier alpha value is -3.54. The van der Waals surface area contributed by atoms with Crippen LogP contribution >= 0.6 is 0 Å². The minimum atomic E-state index is -1.25. The highest BCUT2D eigenvalue weighted by atomic mass is 16.5. The predicted octanol–water partition coefficient (Wildman–Crippen LogP) is 2.58. The number of ketones is 2. The number of aliphatic hydroxyl groups is 1. The molecule has 11 nitrogen and oxygen atoms in total. The summed E-state index contributed by atoms with van der Waals surface area (Å²) in [7, 11) is 4.21. The number of carbonyl (C=O) groups excluding carboxylic acids is 3. The quantitative estimate of drug-likeness (QED) is 0.299. The van der Waals surface area contributed by atoms with E-state index in [1.807, 2.05) is 6.92 Å². The Balaban J connectivity index is 2.60. The summed E-state index contributed by atoms with van der Waals surface area (Å²) in [4.78, 5) is 50.5. The maximum absolute atomic E-state index is 13.3. The van der Waals surface area contributed by atoms with Crippen molar-refractivity contribution in [3.05, 3.63) is 58.6 Å².